The van der Waals surface area contributed by atoms with Crippen molar-refractivity contribution in [3.8, 4) is 5.75 Å². The summed E-state index contributed by atoms with van der Waals surface area (Å²) in [6.45, 7) is 0.834. The number of nitrogens with zero attached hydrogens (tertiary/aromatic N) is 1. The Morgan fingerprint density at radius 1 is 1.19 bits per heavy atom. The van der Waals surface area contributed by atoms with E-state index in [-0.39, 0.29) is 35.9 Å². The summed E-state index contributed by atoms with van der Waals surface area (Å²) in [7, 11) is 0. The fraction of sp³-hybridized carbons (Fsp3) is 0.526. The predicted molar refractivity (Wildman–Crippen MR) is 93.5 cm³/mol. The Kier molecular flexibility index (Phi) is 5.93. The lowest BCUT2D eigenvalue weighted by Gasteiger charge is -2.32. The van der Waals surface area contributed by atoms with Gasteiger partial charge in [0.1, 0.15) is 11.6 Å². The molecular weight excluding hydrogens is 355 g/mol. The molecule has 2 fully saturated rings. The van der Waals surface area contributed by atoms with E-state index in [2.05, 4.69) is 5.32 Å². The minimum Gasteiger partial charge on any atom is -0.478 e. The van der Waals surface area contributed by atoms with Gasteiger partial charge in [-0.25, -0.2) is 9.18 Å². The van der Waals surface area contributed by atoms with Crippen LogP contribution >= 0.6 is 0 Å². The summed E-state index contributed by atoms with van der Waals surface area (Å²) in [6, 6.07) is 4.99. The average molecular weight is 378 g/mol. The molecule has 1 aromatic carbocycles. The number of amides is 2. The minimum atomic E-state index is -1.28. The molecule has 2 atom stereocenters. The standard InChI is InChI=1S/C19H23FN2O5/c20-14-5-7-15(8-6-14)27-16(19(25)26)10-21-17(23)13-2-1-9-22(11-13)18(24)12-3-4-12/h5-8,12-13,16H,1-4,9-11H2,(H,21,23)(H,25,26). The quantitative estimate of drug-likeness (QED) is 0.748. The van der Waals surface area contributed by atoms with Gasteiger partial charge in [0.15, 0.2) is 0 Å². The lowest BCUT2D eigenvalue weighted by Crippen LogP contribution is -2.48. The SMILES string of the molecule is O=C(NCC(Oc1ccc(F)cc1)C(=O)O)C1CCCN(C(=O)C2CC2)C1. The number of hydrogen-bond donors (Lipinski definition) is 2. The number of piperidine rings is 1. The Morgan fingerprint density at radius 2 is 1.89 bits per heavy atom. The van der Waals surface area contributed by atoms with Crippen LogP contribution in [0.1, 0.15) is 25.7 Å². The summed E-state index contributed by atoms with van der Waals surface area (Å²) < 4.78 is 18.3. The number of benzene rings is 1. The third-order valence-electron chi connectivity index (χ3n) is 4.86. The molecule has 1 saturated carbocycles. The van der Waals surface area contributed by atoms with Crippen molar-refractivity contribution < 1.29 is 28.6 Å². The number of carbonyl (C=O) groups is 3. The first-order valence-corrected chi connectivity index (χ1v) is 9.15. The number of likely N-dealkylation sites (tertiary alicyclic amines) is 1. The molecule has 1 aliphatic heterocycles. The zero-order valence-corrected chi connectivity index (χ0v) is 14.9. The molecule has 3 rings (SSSR count). The monoisotopic (exact) mass is 378 g/mol. The second-order valence-electron chi connectivity index (χ2n) is 7.04. The summed E-state index contributed by atoms with van der Waals surface area (Å²) in [5, 5.41) is 11.9. The van der Waals surface area contributed by atoms with E-state index in [9.17, 15) is 23.9 Å². The molecule has 1 saturated heterocycles. The van der Waals surface area contributed by atoms with Gasteiger partial charge in [-0.1, -0.05) is 0 Å². The number of carbonyl (C=O) groups excluding carboxylic acids is 2. The molecule has 146 valence electrons. The van der Waals surface area contributed by atoms with Gasteiger partial charge in [0, 0.05) is 19.0 Å². The Hall–Kier alpha value is -2.64. The number of rotatable bonds is 7. The fourth-order valence-corrected chi connectivity index (χ4v) is 3.17. The van der Waals surface area contributed by atoms with E-state index in [0.717, 1.165) is 19.3 Å². The van der Waals surface area contributed by atoms with Crippen molar-refractivity contribution in [1.29, 1.82) is 0 Å². The Balaban J connectivity index is 1.51. The summed E-state index contributed by atoms with van der Waals surface area (Å²) in [5.74, 6) is -1.86. The van der Waals surface area contributed by atoms with Crippen molar-refractivity contribution in [3.63, 3.8) is 0 Å². The van der Waals surface area contributed by atoms with Crippen molar-refractivity contribution in [2.75, 3.05) is 19.6 Å². The molecule has 27 heavy (non-hydrogen) atoms. The highest BCUT2D eigenvalue weighted by molar-refractivity contribution is 5.84. The van der Waals surface area contributed by atoms with Crippen molar-refractivity contribution >= 4 is 17.8 Å². The number of hydrogen-bond acceptors (Lipinski definition) is 4. The second kappa shape index (κ2) is 8.37. The van der Waals surface area contributed by atoms with E-state index in [1.807, 2.05) is 0 Å². The van der Waals surface area contributed by atoms with Gasteiger partial charge in [0.25, 0.3) is 0 Å². The highest BCUT2D eigenvalue weighted by Gasteiger charge is 2.36. The van der Waals surface area contributed by atoms with Crippen LogP contribution in [0.5, 0.6) is 5.75 Å². The van der Waals surface area contributed by atoms with Crippen LogP contribution in [0.25, 0.3) is 0 Å². The second-order valence-corrected chi connectivity index (χ2v) is 7.04. The van der Waals surface area contributed by atoms with Gasteiger partial charge in [0.05, 0.1) is 12.5 Å². The Morgan fingerprint density at radius 3 is 2.52 bits per heavy atom. The molecule has 2 amide bonds. The predicted octanol–water partition coefficient (Wildman–Crippen LogP) is 1.42. The van der Waals surface area contributed by atoms with E-state index in [1.54, 1.807) is 4.90 Å². The molecule has 1 heterocycles. The van der Waals surface area contributed by atoms with Gasteiger partial charge < -0.3 is 20.1 Å². The number of aliphatic carboxylic acids is 1. The topological polar surface area (TPSA) is 95.9 Å². The van der Waals surface area contributed by atoms with Gasteiger partial charge >= 0.3 is 5.97 Å². The minimum absolute atomic E-state index is 0.118. The van der Waals surface area contributed by atoms with Crippen molar-refractivity contribution in [1.82, 2.24) is 10.2 Å². The van der Waals surface area contributed by atoms with Gasteiger partial charge in [-0.3, -0.25) is 9.59 Å². The molecule has 0 bridgehead atoms. The fourth-order valence-electron chi connectivity index (χ4n) is 3.17. The summed E-state index contributed by atoms with van der Waals surface area (Å²) in [4.78, 5) is 37.7. The van der Waals surface area contributed by atoms with E-state index < -0.39 is 17.9 Å². The highest BCUT2D eigenvalue weighted by atomic mass is 19.1. The summed E-state index contributed by atoms with van der Waals surface area (Å²) >= 11 is 0. The van der Waals surface area contributed by atoms with Crippen LogP contribution in [0.3, 0.4) is 0 Å². The highest BCUT2D eigenvalue weighted by Crippen LogP contribution is 2.32. The molecular formula is C19H23FN2O5. The maximum Gasteiger partial charge on any atom is 0.346 e. The number of ether oxygens (including phenoxy) is 1. The smallest absolute Gasteiger partial charge is 0.346 e. The zero-order valence-electron chi connectivity index (χ0n) is 14.9. The first-order valence-electron chi connectivity index (χ1n) is 9.15. The van der Waals surface area contributed by atoms with E-state index in [0.29, 0.717) is 19.5 Å². The van der Waals surface area contributed by atoms with Gasteiger partial charge in [-0.2, -0.15) is 0 Å². The molecule has 1 aliphatic carbocycles. The van der Waals surface area contributed by atoms with Crippen molar-refractivity contribution in [2.45, 2.75) is 31.8 Å². The van der Waals surface area contributed by atoms with Crippen LogP contribution < -0.4 is 10.1 Å². The van der Waals surface area contributed by atoms with Crippen LogP contribution in [-0.4, -0.2) is 53.5 Å². The largest absolute Gasteiger partial charge is 0.478 e. The lowest BCUT2D eigenvalue weighted by molar-refractivity contribution is -0.145. The van der Waals surface area contributed by atoms with E-state index in [1.165, 1.54) is 24.3 Å². The van der Waals surface area contributed by atoms with Crippen molar-refractivity contribution in [3.05, 3.63) is 30.1 Å². The van der Waals surface area contributed by atoms with Crippen LogP contribution in [0.15, 0.2) is 24.3 Å². The van der Waals surface area contributed by atoms with E-state index in [4.69, 9.17) is 4.74 Å². The summed E-state index contributed by atoms with van der Waals surface area (Å²) in [6.07, 6.45) is 1.98. The molecule has 0 radical (unpaired) electrons. The maximum atomic E-state index is 12.9. The molecule has 0 aromatic heterocycles. The third kappa shape index (κ3) is 5.18. The number of carboxylic acid groups (broad SMARTS) is 1. The van der Waals surface area contributed by atoms with Crippen LogP contribution in [0.4, 0.5) is 4.39 Å². The molecule has 7 nitrogen and oxygen atoms in total. The number of halogens is 1. The molecule has 1 aromatic rings. The maximum absolute atomic E-state index is 12.9. The van der Waals surface area contributed by atoms with Gasteiger partial charge in [-0.15, -0.1) is 0 Å². The molecule has 8 heteroatoms. The van der Waals surface area contributed by atoms with Gasteiger partial charge in [0.2, 0.25) is 17.9 Å². The first-order chi connectivity index (χ1) is 12.9. The van der Waals surface area contributed by atoms with Gasteiger partial charge in [-0.05, 0) is 49.9 Å². The normalized spacial score (nSPS) is 20.6. The molecule has 2 unspecified atom stereocenters. The van der Waals surface area contributed by atoms with Crippen LogP contribution in [-0.2, 0) is 14.4 Å². The Labute approximate surface area is 156 Å². The molecule has 2 aliphatic rings. The summed E-state index contributed by atoms with van der Waals surface area (Å²) in [5.41, 5.74) is 0. The van der Waals surface area contributed by atoms with Crippen LogP contribution in [0, 0.1) is 17.7 Å². The van der Waals surface area contributed by atoms with Crippen molar-refractivity contribution in [2.24, 2.45) is 11.8 Å². The number of carboxylic acids is 1. The average Bonchev–Trinajstić information content (AvgIpc) is 3.51. The van der Waals surface area contributed by atoms with Crippen LogP contribution in [0.2, 0.25) is 0 Å². The zero-order chi connectivity index (χ0) is 19.4. The third-order valence-corrected chi connectivity index (χ3v) is 4.86. The Bertz CT molecular complexity index is 705. The molecule has 0 spiro atoms. The molecule has 2 N–H and O–H groups in total. The lowest BCUT2D eigenvalue weighted by atomic mass is 9.96. The first kappa shape index (κ1) is 19.1. The number of nitrogens with one attached hydrogen (secondary N) is 1. The van der Waals surface area contributed by atoms with E-state index >= 15 is 0 Å².